The van der Waals surface area contributed by atoms with Gasteiger partial charge in [-0.1, -0.05) is 18.2 Å². The van der Waals surface area contributed by atoms with Gasteiger partial charge >= 0.3 is 7.60 Å². The number of aliphatic hydroxyl groups is 1. The molecule has 1 aromatic rings. The summed E-state index contributed by atoms with van der Waals surface area (Å²) in [7, 11) is -3.38. The van der Waals surface area contributed by atoms with Crippen molar-refractivity contribution in [3.05, 3.63) is 29.8 Å². The van der Waals surface area contributed by atoms with Crippen LogP contribution in [0.15, 0.2) is 24.3 Å². The average molecular weight is 286 g/mol. The molecule has 0 saturated carbocycles. The summed E-state index contributed by atoms with van der Waals surface area (Å²) in [5, 5.41) is 10.1. The minimum Gasteiger partial charge on any atom is -0.464 e. The summed E-state index contributed by atoms with van der Waals surface area (Å²) >= 11 is 0. The Balaban J connectivity index is 2.27. The van der Waals surface area contributed by atoms with Crippen molar-refractivity contribution in [2.24, 2.45) is 0 Å². The van der Waals surface area contributed by atoms with Gasteiger partial charge in [-0.25, -0.2) is 0 Å². The van der Waals surface area contributed by atoms with Gasteiger partial charge in [-0.2, -0.15) is 0 Å². The fraction of sp³-hybridized carbons (Fsp3) is 0.538. The van der Waals surface area contributed by atoms with Crippen LogP contribution >= 0.6 is 7.60 Å². The van der Waals surface area contributed by atoms with Crippen molar-refractivity contribution < 1.29 is 23.5 Å². The van der Waals surface area contributed by atoms with Gasteiger partial charge in [0.2, 0.25) is 6.29 Å². The van der Waals surface area contributed by atoms with Gasteiger partial charge in [-0.3, -0.25) is 4.57 Å². The molecule has 1 N–H and O–H groups in total. The first-order chi connectivity index (χ1) is 9.10. The minimum atomic E-state index is -3.38. The van der Waals surface area contributed by atoms with E-state index in [9.17, 15) is 9.67 Å². The highest BCUT2D eigenvalue weighted by Crippen LogP contribution is 2.56. The zero-order valence-corrected chi connectivity index (χ0v) is 12.0. The van der Waals surface area contributed by atoms with Gasteiger partial charge in [-0.05, 0) is 31.9 Å². The molecule has 19 heavy (non-hydrogen) atoms. The highest BCUT2D eigenvalue weighted by Gasteiger charge is 2.44. The van der Waals surface area contributed by atoms with Crippen LogP contribution < -0.4 is 4.74 Å². The quantitative estimate of drug-likeness (QED) is 0.843. The molecule has 1 aliphatic rings. The Morgan fingerprint density at radius 3 is 2.58 bits per heavy atom. The largest absolute Gasteiger partial charge is 0.464 e. The molecule has 1 heterocycles. The molecule has 6 heteroatoms. The Kier molecular flexibility index (Phi) is 4.63. The van der Waals surface area contributed by atoms with E-state index in [0.29, 0.717) is 12.2 Å². The fourth-order valence-electron chi connectivity index (χ4n) is 2.18. The van der Waals surface area contributed by atoms with Crippen LogP contribution in [0.4, 0.5) is 0 Å². The molecule has 0 amide bonds. The average Bonchev–Trinajstić information content (AvgIpc) is 2.38. The van der Waals surface area contributed by atoms with E-state index in [-0.39, 0.29) is 13.2 Å². The van der Waals surface area contributed by atoms with Crippen LogP contribution in [0.1, 0.15) is 19.4 Å². The Hall–Kier alpha value is -0.870. The maximum atomic E-state index is 12.7. The summed E-state index contributed by atoms with van der Waals surface area (Å²) in [4.78, 5) is 0. The fourth-order valence-corrected chi connectivity index (χ4v) is 4.15. The second-order valence-electron chi connectivity index (χ2n) is 4.26. The SMILES string of the molecule is CCOP(=O)(OCC)C1Cc2ccccc2OC1O. The molecule has 0 fully saturated rings. The third kappa shape index (κ3) is 3.00. The van der Waals surface area contributed by atoms with Crippen LogP contribution in [0, 0.1) is 0 Å². The van der Waals surface area contributed by atoms with Gasteiger partial charge in [-0.15, -0.1) is 0 Å². The number of fused-ring (bicyclic) bond motifs is 1. The smallest absolute Gasteiger partial charge is 0.340 e. The van der Waals surface area contributed by atoms with E-state index in [1.165, 1.54) is 0 Å². The Labute approximate surface area is 113 Å². The van der Waals surface area contributed by atoms with E-state index in [1.54, 1.807) is 19.9 Å². The Bertz CT molecular complexity index is 466. The molecule has 2 atom stereocenters. The van der Waals surface area contributed by atoms with Crippen molar-refractivity contribution >= 4 is 7.60 Å². The van der Waals surface area contributed by atoms with Crippen molar-refractivity contribution in [1.82, 2.24) is 0 Å². The van der Waals surface area contributed by atoms with Gasteiger partial charge in [0, 0.05) is 0 Å². The molecule has 0 spiro atoms. The second kappa shape index (κ2) is 6.06. The monoisotopic (exact) mass is 286 g/mol. The number of hydrogen-bond donors (Lipinski definition) is 1. The minimum absolute atomic E-state index is 0.266. The molecular formula is C13H19O5P. The predicted molar refractivity (Wildman–Crippen MR) is 71.4 cm³/mol. The highest BCUT2D eigenvalue weighted by molar-refractivity contribution is 7.54. The maximum absolute atomic E-state index is 12.7. The van der Waals surface area contributed by atoms with Crippen molar-refractivity contribution in [3.63, 3.8) is 0 Å². The summed E-state index contributed by atoms with van der Waals surface area (Å²) in [5.41, 5.74) is 0.208. The molecule has 0 radical (unpaired) electrons. The predicted octanol–water partition coefficient (Wildman–Crippen LogP) is 2.57. The van der Waals surface area contributed by atoms with Gasteiger partial charge in [0.15, 0.2) is 0 Å². The molecule has 2 unspecified atom stereocenters. The summed E-state index contributed by atoms with van der Waals surface area (Å²) < 4.78 is 28.7. The Morgan fingerprint density at radius 2 is 1.95 bits per heavy atom. The Morgan fingerprint density at radius 1 is 1.32 bits per heavy atom. The lowest BCUT2D eigenvalue weighted by molar-refractivity contribution is -0.0354. The van der Waals surface area contributed by atoms with E-state index in [1.807, 2.05) is 18.2 Å². The zero-order chi connectivity index (χ0) is 13.9. The van der Waals surface area contributed by atoms with E-state index in [2.05, 4.69) is 0 Å². The van der Waals surface area contributed by atoms with Crippen LogP contribution in [-0.4, -0.2) is 30.3 Å². The first kappa shape index (κ1) is 14.5. The molecule has 0 aliphatic carbocycles. The van der Waals surface area contributed by atoms with Crippen LogP contribution in [-0.2, 0) is 20.0 Å². The van der Waals surface area contributed by atoms with Crippen LogP contribution in [0.25, 0.3) is 0 Å². The highest BCUT2D eigenvalue weighted by atomic mass is 31.2. The van der Waals surface area contributed by atoms with Gasteiger partial charge in [0.05, 0.1) is 13.2 Å². The van der Waals surface area contributed by atoms with Crippen LogP contribution in [0.2, 0.25) is 0 Å². The van der Waals surface area contributed by atoms with E-state index < -0.39 is 19.5 Å². The number of benzene rings is 1. The van der Waals surface area contributed by atoms with Gasteiger partial charge in [0.1, 0.15) is 11.4 Å². The topological polar surface area (TPSA) is 65.0 Å². The first-order valence-electron chi connectivity index (χ1n) is 6.42. The molecule has 0 aromatic heterocycles. The molecule has 5 nitrogen and oxygen atoms in total. The van der Waals surface area contributed by atoms with E-state index >= 15 is 0 Å². The lowest BCUT2D eigenvalue weighted by atomic mass is 10.1. The third-order valence-corrected chi connectivity index (χ3v) is 5.49. The van der Waals surface area contributed by atoms with Crippen molar-refractivity contribution in [2.45, 2.75) is 32.2 Å². The zero-order valence-electron chi connectivity index (χ0n) is 11.1. The normalized spacial score (nSPS) is 22.7. The molecule has 2 rings (SSSR count). The summed E-state index contributed by atoms with van der Waals surface area (Å²) in [5.74, 6) is 0.616. The summed E-state index contributed by atoms with van der Waals surface area (Å²) in [6.45, 7) is 4.02. The molecule has 1 aromatic carbocycles. The second-order valence-corrected chi connectivity index (χ2v) is 6.52. The van der Waals surface area contributed by atoms with Crippen molar-refractivity contribution in [3.8, 4) is 5.75 Å². The first-order valence-corrected chi connectivity index (χ1v) is 8.03. The summed E-state index contributed by atoms with van der Waals surface area (Å²) in [6.07, 6.45) is -0.770. The molecule has 0 bridgehead atoms. The van der Waals surface area contributed by atoms with Crippen molar-refractivity contribution in [1.29, 1.82) is 0 Å². The summed E-state index contributed by atoms with van der Waals surface area (Å²) in [6, 6.07) is 7.37. The van der Waals surface area contributed by atoms with Crippen molar-refractivity contribution in [2.75, 3.05) is 13.2 Å². The standard InChI is InChI=1S/C13H19O5P/c1-3-16-19(15,17-4-2)12-9-10-7-5-6-8-11(10)18-13(12)14/h5-8,12-14H,3-4,9H2,1-2H3. The maximum Gasteiger partial charge on any atom is 0.340 e. The van der Waals surface area contributed by atoms with E-state index in [0.717, 1.165) is 5.56 Å². The molecule has 0 saturated heterocycles. The number of aliphatic hydroxyl groups excluding tert-OH is 1. The number of rotatable bonds is 5. The molecular weight excluding hydrogens is 267 g/mol. The molecule has 1 aliphatic heterocycles. The lowest BCUT2D eigenvalue weighted by Crippen LogP contribution is -2.38. The van der Waals surface area contributed by atoms with Crippen LogP contribution in [0.5, 0.6) is 5.75 Å². The third-order valence-electron chi connectivity index (χ3n) is 3.00. The lowest BCUT2D eigenvalue weighted by Gasteiger charge is -2.33. The van der Waals surface area contributed by atoms with Crippen LogP contribution in [0.3, 0.4) is 0 Å². The number of hydrogen-bond acceptors (Lipinski definition) is 5. The van der Waals surface area contributed by atoms with Gasteiger partial charge in [0.25, 0.3) is 0 Å². The number of ether oxygens (including phenoxy) is 1. The van der Waals surface area contributed by atoms with E-state index in [4.69, 9.17) is 13.8 Å². The van der Waals surface area contributed by atoms with Gasteiger partial charge < -0.3 is 18.9 Å². The molecule has 106 valence electrons. The number of para-hydroxylation sites is 1.